The highest BCUT2D eigenvalue weighted by Crippen LogP contribution is 2.40. The number of fused-ring (bicyclic) bond motifs is 3. The lowest BCUT2D eigenvalue weighted by molar-refractivity contribution is -0.124. The summed E-state index contributed by atoms with van der Waals surface area (Å²) in [7, 11) is 1.76. The lowest BCUT2D eigenvalue weighted by Gasteiger charge is -2.33. The minimum atomic E-state index is 0.00707. The largest absolute Gasteiger partial charge is 0.381 e. The Labute approximate surface area is 205 Å². The molecule has 1 amide bonds. The Balaban J connectivity index is 1.34. The van der Waals surface area contributed by atoms with Crippen molar-refractivity contribution in [1.82, 2.24) is 19.7 Å². The van der Waals surface area contributed by atoms with Crippen molar-refractivity contribution in [3.8, 4) is 0 Å². The second-order valence-electron chi connectivity index (χ2n) is 9.69. The van der Waals surface area contributed by atoms with E-state index in [4.69, 9.17) is 4.74 Å². The van der Waals surface area contributed by atoms with E-state index < -0.39 is 0 Å². The van der Waals surface area contributed by atoms with E-state index in [-0.39, 0.29) is 17.9 Å². The molecule has 0 unspecified atom stereocenters. The number of hydrogen-bond acceptors (Lipinski definition) is 7. The van der Waals surface area contributed by atoms with E-state index >= 15 is 0 Å². The van der Waals surface area contributed by atoms with Crippen LogP contribution in [0.15, 0.2) is 36.5 Å². The number of pyridine rings is 1. The molecule has 1 saturated carbocycles. The van der Waals surface area contributed by atoms with Crippen LogP contribution >= 0.6 is 0 Å². The molecule has 3 aliphatic rings. The van der Waals surface area contributed by atoms with Crippen LogP contribution in [0.25, 0.3) is 0 Å². The minimum Gasteiger partial charge on any atom is -0.381 e. The first-order valence-corrected chi connectivity index (χ1v) is 12.4. The van der Waals surface area contributed by atoms with Crippen LogP contribution in [0.5, 0.6) is 0 Å². The van der Waals surface area contributed by atoms with Gasteiger partial charge >= 0.3 is 0 Å². The number of nitrogens with one attached hydrogen (secondary N) is 1. The normalized spacial score (nSPS) is 21.4. The quantitative estimate of drug-likeness (QED) is 0.619. The number of carbonyl (C=O) groups is 1. The topological polar surface area (TPSA) is 88.4 Å². The standard InChI is InChI=1S/C26H31N7O2/c1-17-28-24-16-31(12-13-33(24)30-17)20-7-10-22-23(14-20)32(15-19-4-3-11-27-25(19)29-22)26(34)18-5-8-21(35-2)9-6-18/h3-4,7,10-11,14,18,21H,5-6,8-9,12-13,15-16H2,1-2H3,(H,27,29)/t18-,21-. The number of amides is 1. The van der Waals surface area contributed by atoms with Crippen LogP contribution < -0.4 is 15.1 Å². The van der Waals surface area contributed by atoms with Crippen molar-refractivity contribution in [3.05, 3.63) is 53.7 Å². The molecule has 182 valence electrons. The van der Waals surface area contributed by atoms with Gasteiger partial charge < -0.3 is 19.9 Å². The summed E-state index contributed by atoms with van der Waals surface area (Å²) in [6.07, 6.45) is 5.62. The van der Waals surface area contributed by atoms with Crippen molar-refractivity contribution in [2.45, 2.75) is 58.3 Å². The zero-order chi connectivity index (χ0) is 23.9. The average Bonchev–Trinajstić information content (AvgIpc) is 3.18. The van der Waals surface area contributed by atoms with Crippen molar-refractivity contribution in [1.29, 1.82) is 0 Å². The number of aromatic nitrogens is 4. The van der Waals surface area contributed by atoms with E-state index in [1.54, 1.807) is 13.3 Å². The van der Waals surface area contributed by atoms with Gasteiger partial charge in [0.25, 0.3) is 0 Å². The van der Waals surface area contributed by atoms with Gasteiger partial charge in [-0.15, -0.1) is 0 Å². The minimum absolute atomic E-state index is 0.00707. The summed E-state index contributed by atoms with van der Waals surface area (Å²) in [5, 5.41) is 7.97. The maximum absolute atomic E-state index is 13.9. The van der Waals surface area contributed by atoms with Crippen molar-refractivity contribution in [2.75, 3.05) is 28.8 Å². The number of anilines is 4. The molecule has 0 saturated heterocycles. The highest BCUT2D eigenvalue weighted by atomic mass is 16.5. The first-order chi connectivity index (χ1) is 17.1. The Morgan fingerprint density at radius 1 is 1.11 bits per heavy atom. The first kappa shape index (κ1) is 22.0. The second-order valence-corrected chi connectivity index (χ2v) is 9.69. The van der Waals surface area contributed by atoms with Crippen LogP contribution in [0.1, 0.15) is 42.9 Å². The third-order valence-electron chi connectivity index (χ3n) is 7.50. The molecule has 35 heavy (non-hydrogen) atoms. The number of methoxy groups -OCH3 is 1. The molecule has 6 rings (SSSR count). The Morgan fingerprint density at radius 2 is 1.97 bits per heavy atom. The molecule has 0 bridgehead atoms. The molecule has 2 aliphatic heterocycles. The number of benzene rings is 1. The molecule has 9 nitrogen and oxygen atoms in total. The van der Waals surface area contributed by atoms with Gasteiger partial charge in [-0.25, -0.2) is 14.6 Å². The van der Waals surface area contributed by atoms with Crippen molar-refractivity contribution < 1.29 is 9.53 Å². The summed E-state index contributed by atoms with van der Waals surface area (Å²) >= 11 is 0. The number of carbonyl (C=O) groups excluding carboxylic acids is 1. The van der Waals surface area contributed by atoms with E-state index in [0.29, 0.717) is 13.1 Å². The summed E-state index contributed by atoms with van der Waals surface area (Å²) in [5.74, 6) is 2.78. The molecule has 0 spiro atoms. The van der Waals surface area contributed by atoms with E-state index in [0.717, 1.165) is 78.9 Å². The maximum Gasteiger partial charge on any atom is 0.230 e. The van der Waals surface area contributed by atoms with Gasteiger partial charge in [0.05, 0.1) is 37.1 Å². The maximum atomic E-state index is 13.9. The predicted molar refractivity (Wildman–Crippen MR) is 134 cm³/mol. The van der Waals surface area contributed by atoms with Crippen LogP contribution in [0, 0.1) is 12.8 Å². The predicted octanol–water partition coefficient (Wildman–Crippen LogP) is 3.80. The molecular formula is C26H31N7O2. The van der Waals surface area contributed by atoms with Crippen LogP contribution in [-0.2, 0) is 29.2 Å². The Bertz CT molecular complexity index is 1250. The van der Waals surface area contributed by atoms with E-state index in [9.17, 15) is 4.79 Å². The molecule has 1 fully saturated rings. The monoisotopic (exact) mass is 473 g/mol. The number of hydrogen-bond donors (Lipinski definition) is 1. The third kappa shape index (κ3) is 4.14. The van der Waals surface area contributed by atoms with Crippen LogP contribution in [0.4, 0.5) is 22.9 Å². The molecule has 3 aromatic rings. The lowest BCUT2D eigenvalue weighted by Crippen LogP contribution is -2.38. The highest BCUT2D eigenvalue weighted by molar-refractivity contribution is 6.00. The van der Waals surface area contributed by atoms with Crippen molar-refractivity contribution in [2.24, 2.45) is 5.92 Å². The summed E-state index contributed by atoms with van der Waals surface area (Å²) in [5.41, 5.74) is 3.91. The summed E-state index contributed by atoms with van der Waals surface area (Å²) in [6.45, 7) is 4.77. The van der Waals surface area contributed by atoms with Crippen LogP contribution in [-0.4, -0.2) is 45.4 Å². The zero-order valence-corrected chi connectivity index (χ0v) is 20.3. The summed E-state index contributed by atoms with van der Waals surface area (Å²) in [4.78, 5) is 27.3. The molecule has 9 heteroatoms. The lowest BCUT2D eigenvalue weighted by atomic mass is 9.86. The molecule has 1 aromatic carbocycles. The fraction of sp³-hybridized carbons (Fsp3) is 0.462. The van der Waals surface area contributed by atoms with Crippen LogP contribution in [0.3, 0.4) is 0 Å². The van der Waals surface area contributed by atoms with E-state index in [1.165, 1.54) is 0 Å². The van der Waals surface area contributed by atoms with Crippen LogP contribution in [0.2, 0.25) is 0 Å². The Morgan fingerprint density at radius 3 is 2.80 bits per heavy atom. The SMILES string of the molecule is CO[C@H]1CC[C@H](C(=O)N2Cc3cccnc3Nc3ccc(N4CCn5nc(C)nc5C4)cc32)CC1. The third-order valence-corrected chi connectivity index (χ3v) is 7.50. The van der Waals surface area contributed by atoms with Gasteiger partial charge in [-0.1, -0.05) is 6.07 Å². The Hall–Kier alpha value is -3.46. The van der Waals surface area contributed by atoms with Gasteiger partial charge in [-0.05, 0) is 56.9 Å². The molecule has 0 atom stereocenters. The fourth-order valence-electron chi connectivity index (χ4n) is 5.55. The second kappa shape index (κ2) is 8.96. The molecule has 2 aromatic heterocycles. The summed E-state index contributed by atoms with van der Waals surface area (Å²) in [6, 6.07) is 10.3. The smallest absolute Gasteiger partial charge is 0.230 e. The van der Waals surface area contributed by atoms with Crippen molar-refractivity contribution >= 4 is 28.8 Å². The van der Waals surface area contributed by atoms with E-state index in [2.05, 4.69) is 43.5 Å². The van der Waals surface area contributed by atoms with Gasteiger partial charge in [-0.2, -0.15) is 5.10 Å². The van der Waals surface area contributed by atoms with Gasteiger partial charge in [0.15, 0.2) is 0 Å². The fourth-order valence-corrected chi connectivity index (χ4v) is 5.55. The van der Waals surface area contributed by atoms with Crippen molar-refractivity contribution in [3.63, 3.8) is 0 Å². The molecule has 1 aliphatic carbocycles. The molecular weight excluding hydrogens is 442 g/mol. The Kier molecular flexibility index (Phi) is 5.64. The number of nitrogens with zero attached hydrogens (tertiary/aromatic N) is 6. The first-order valence-electron chi connectivity index (χ1n) is 12.4. The zero-order valence-electron chi connectivity index (χ0n) is 20.3. The van der Waals surface area contributed by atoms with E-state index in [1.807, 2.05) is 28.6 Å². The number of rotatable bonds is 3. The summed E-state index contributed by atoms with van der Waals surface area (Å²) < 4.78 is 7.53. The van der Waals surface area contributed by atoms with Gasteiger partial charge in [0, 0.05) is 37.0 Å². The van der Waals surface area contributed by atoms with Gasteiger partial charge in [0.1, 0.15) is 17.5 Å². The average molecular weight is 474 g/mol. The number of ether oxygens (including phenoxy) is 1. The van der Waals surface area contributed by atoms with Gasteiger partial charge in [0.2, 0.25) is 5.91 Å². The molecule has 0 radical (unpaired) electrons. The highest BCUT2D eigenvalue weighted by Gasteiger charge is 2.33. The van der Waals surface area contributed by atoms with Gasteiger partial charge in [-0.3, -0.25) is 4.79 Å². The molecule has 4 heterocycles. The number of aryl methyl sites for hydroxylation is 1. The molecule has 1 N–H and O–H groups in total.